The van der Waals surface area contributed by atoms with Crippen LogP contribution in [0.1, 0.15) is 19.8 Å². The summed E-state index contributed by atoms with van der Waals surface area (Å²) in [4.78, 5) is 13.0. The van der Waals surface area contributed by atoms with Crippen molar-refractivity contribution in [3.63, 3.8) is 0 Å². The Hall–Kier alpha value is -0.610. The molecule has 1 N–H and O–H groups in total. The second-order valence-corrected chi connectivity index (χ2v) is 4.46. The van der Waals surface area contributed by atoms with Gasteiger partial charge in [0, 0.05) is 20.2 Å². The zero-order valence-electron chi connectivity index (χ0n) is 9.61. The van der Waals surface area contributed by atoms with Gasteiger partial charge in [0.15, 0.2) is 0 Å². The summed E-state index contributed by atoms with van der Waals surface area (Å²) in [6.07, 6.45) is 2.35. The molecule has 88 valence electrons. The van der Waals surface area contributed by atoms with Crippen molar-refractivity contribution in [2.24, 2.45) is 11.8 Å². The van der Waals surface area contributed by atoms with Crippen molar-refractivity contribution in [3.8, 4) is 0 Å². The molecule has 0 bridgehead atoms. The standard InChI is InChI=1S/C11H21NO3/c1-9(11(13)14)6-12-5-3-4-10(7-12)8-15-2/h9-10H,3-8H2,1-2H3,(H,13,14). The molecule has 1 saturated heterocycles. The number of piperidine rings is 1. The van der Waals surface area contributed by atoms with E-state index in [9.17, 15) is 4.79 Å². The van der Waals surface area contributed by atoms with Crippen LogP contribution in [0.5, 0.6) is 0 Å². The number of carboxylic acids is 1. The van der Waals surface area contributed by atoms with Gasteiger partial charge in [0.25, 0.3) is 0 Å². The van der Waals surface area contributed by atoms with Crippen LogP contribution in [0.2, 0.25) is 0 Å². The molecule has 1 aliphatic heterocycles. The molecule has 15 heavy (non-hydrogen) atoms. The smallest absolute Gasteiger partial charge is 0.307 e. The average molecular weight is 215 g/mol. The van der Waals surface area contributed by atoms with Crippen LogP contribution in [-0.4, -0.2) is 49.3 Å². The molecule has 4 heteroatoms. The van der Waals surface area contributed by atoms with E-state index in [1.807, 2.05) is 0 Å². The Morgan fingerprint density at radius 3 is 3.00 bits per heavy atom. The topological polar surface area (TPSA) is 49.8 Å². The maximum atomic E-state index is 10.7. The summed E-state index contributed by atoms with van der Waals surface area (Å²) in [6.45, 7) is 5.22. The highest BCUT2D eigenvalue weighted by atomic mass is 16.5. The van der Waals surface area contributed by atoms with Crippen LogP contribution in [0.3, 0.4) is 0 Å². The van der Waals surface area contributed by atoms with E-state index >= 15 is 0 Å². The highest BCUT2D eigenvalue weighted by molar-refractivity contribution is 5.69. The number of hydrogen-bond acceptors (Lipinski definition) is 3. The predicted molar refractivity (Wildman–Crippen MR) is 57.8 cm³/mol. The Kier molecular flexibility index (Phi) is 5.05. The van der Waals surface area contributed by atoms with Gasteiger partial charge in [0.2, 0.25) is 0 Å². The van der Waals surface area contributed by atoms with Gasteiger partial charge in [0.05, 0.1) is 12.5 Å². The maximum absolute atomic E-state index is 10.7. The molecule has 0 aliphatic carbocycles. The number of likely N-dealkylation sites (tertiary alicyclic amines) is 1. The molecular weight excluding hydrogens is 194 g/mol. The molecule has 0 aromatic heterocycles. The van der Waals surface area contributed by atoms with Gasteiger partial charge in [-0.05, 0) is 25.3 Å². The van der Waals surface area contributed by atoms with Crippen LogP contribution in [-0.2, 0) is 9.53 Å². The minimum absolute atomic E-state index is 0.272. The molecule has 1 heterocycles. The summed E-state index contributed by atoms with van der Waals surface area (Å²) in [5.41, 5.74) is 0. The van der Waals surface area contributed by atoms with Crippen LogP contribution in [0, 0.1) is 11.8 Å². The molecule has 0 radical (unpaired) electrons. The highest BCUT2D eigenvalue weighted by Crippen LogP contribution is 2.17. The van der Waals surface area contributed by atoms with Crippen molar-refractivity contribution in [2.45, 2.75) is 19.8 Å². The summed E-state index contributed by atoms with van der Waals surface area (Å²) < 4.78 is 5.14. The van der Waals surface area contributed by atoms with Crippen LogP contribution in [0.25, 0.3) is 0 Å². The number of aliphatic carboxylic acids is 1. The first-order chi connectivity index (χ1) is 7.13. The Morgan fingerprint density at radius 1 is 1.67 bits per heavy atom. The van der Waals surface area contributed by atoms with Crippen LogP contribution < -0.4 is 0 Å². The molecule has 2 unspecified atom stereocenters. The first-order valence-corrected chi connectivity index (χ1v) is 5.57. The lowest BCUT2D eigenvalue weighted by Crippen LogP contribution is -2.40. The van der Waals surface area contributed by atoms with E-state index in [0.29, 0.717) is 12.5 Å². The van der Waals surface area contributed by atoms with E-state index in [1.54, 1.807) is 14.0 Å². The maximum Gasteiger partial charge on any atom is 0.307 e. The molecule has 1 rings (SSSR count). The lowest BCUT2D eigenvalue weighted by Gasteiger charge is -2.33. The van der Waals surface area contributed by atoms with E-state index in [4.69, 9.17) is 9.84 Å². The van der Waals surface area contributed by atoms with Crippen LogP contribution in [0.15, 0.2) is 0 Å². The number of rotatable bonds is 5. The van der Waals surface area contributed by atoms with Gasteiger partial charge in [-0.15, -0.1) is 0 Å². The fourth-order valence-electron chi connectivity index (χ4n) is 2.15. The van der Waals surface area contributed by atoms with Crippen LogP contribution >= 0.6 is 0 Å². The molecule has 0 aromatic carbocycles. The number of ether oxygens (including phenoxy) is 1. The van der Waals surface area contributed by atoms with Crippen molar-refractivity contribution in [1.29, 1.82) is 0 Å². The van der Waals surface area contributed by atoms with E-state index in [2.05, 4.69) is 4.90 Å². The van der Waals surface area contributed by atoms with Crippen molar-refractivity contribution in [3.05, 3.63) is 0 Å². The zero-order chi connectivity index (χ0) is 11.3. The summed E-state index contributed by atoms with van der Waals surface area (Å²) in [5.74, 6) is -0.403. The van der Waals surface area contributed by atoms with Gasteiger partial charge >= 0.3 is 5.97 Å². The van der Waals surface area contributed by atoms with Crippen LogP contribution in [0.4, 0.5) is 0 Å². The Morgan fingerprint density at radius 2 is 2.40 bits per heavy atom. The third kappa shape index (κ3) is 4.18. The summed E-state index contributed by atoms with van der Waals surface area (Å²) in [6, 6.07) is 0. The fraction of sp³-hybridized carbons (Fsp3) is 0.909. The third-order valence-electron chi connectivity index (χ3n) is 2.96. The average Bonchev–Trinajstić information content (AvgIpc) is 2.18. The van der Waals surface area contributed by atoms with Crippen molar-refractivity contribution < 1.29 is 14.6 Å². The first kappa shape index (κ1) is 12.5. The predicted octanol–water partition coefficient (Wildman–Crippen LogP) is 1.07. The first-order valence-electron chi connectivity index (χ1n) is 5.57. The molecule has 1 fully saturated rings. The monoisotopic (exact) mass is 215 g/mol. The number of hydrogen-bond donors (Lipinski definition) is 1. The largest absolute Gasteiger partial charge is 0.481 e. The fourth-order valence-corrected chi connectivity index (χ4v) is 2.15. The van der Waals surface area contributed by atoms with Gasteiger partial charge in [-0.3, -0.25) is 4.79 Å². The number of nitrogens with zero attached hydrogens (tertiary/aromatic N) is 1. The molecule has 0 spiro atoms. The molecular formula is C11H21NO3. The minimum atomic E-state index is -0.705. The van der Waals surface area contributed by atoms with Gasteiger partial charge in [-0.1, -0.05) is 6.92 Å². The van der Waals surface area contributed by atoms with E-state index < -0.39 is 5.97 Å². The zero-order valence-corrected chi connectivity index (χ0v) is 9.61. The Bertz CT molecular complexity index is 206. The van der Waals surface area contributed by atoms with Gasteiger partial charge < -0.3 is 14.7 Å². The highest BCUT2D eigenvalue weighted by Gasteiger charge is 2.22. The van der Waals surface area contributed by atoms with E-state index in [0.717, 1.165) is 26.1 Å². The number of carboxylic acid groups (broad SMARTS) is 1. The second kappa shape index (κ2) is 6.08. The minimum Gasteiger partial charge on any atom is -0.481 e. The van der Waals surface area contributed by atoms with Crippen molar-refractivity contribution >= 4 is 5.97 Å². The second-order valence-electron chi connectivity index (χ2n) is 4.46. The molecule has 0 amide bonds. The normalized spacial score (nSPS) is 25.1. The van der Waals surface area contributed by atoms with Gasteiger partial charge in [-0.25, -0.2) is 0 Å². The molecule has 1 aliphatic rings. The van der Waals surface area contributed by atoms with Gasteiger partial charge in [0.1, 0.15) is 0 Å². The number of methoxy groups -OCH3 is 1. The van der Waals surface area contributed by atoms with E-state index in [1.165, 1.54) is 6.42 Å². The quantitative estimate of drug-likeness (QED) is 0.745. The lowest BCUT2D eigenvalue weighted by molar-refractivity contribution is -0.141. The Labute approximate surface area is 91.2 Å². The van der Waals surface area contributed by atoms with Crippen molar-refractivity contribution in [1.82, 2.24) is 4.90 Å². The SMILES string of the molecule is COCC1CCCN(CC(C)C(=O)O)C1. The number of carbonyl (C=O) groups is 1. The summed E-state index contributed by atoms with van der Waals surface area (Å²) in [5, 5.41) is 8.83. The molecule has 0 aromatic rings. The molecule has 4 nitrogen and oxygen atoms in total. The molecule has 0 saturated carbocycles. The summed E-state index contributed by atoms with van der Waals surface area (Å²) >= 11 is 0. The Balaban J connectivity index is 2.32. The summed E-state index contributed by atoms with van der Waals surface area (Å²) in [7, 11) is 1.72. The molecule has 2 atom stereocenters. The van der Waals surface area contributed by atoms with Gasteiger partial charge in [-0.2, -0.15) is 0 Å². The lowest BCUT2D eigenvalue weighted by atomic mass is 9.98. The van der Waals surface area contributed by atoms with Crippen molar-refractivity contribution in [2.75, 3.05) is 33.4 Å². The third-order valence-corrected chi connectivity index (χ3v) is 2.96. The van der Waals surface area contributed by atoms with E-state index in [-0.39, 0.29) is 5.92 Å².